The number of carbonyl (C=O) groups excluding carboxylic acids is 1. The van der Waals surface area contributed by atoms with Crippen LogP contribution in [0.3, 0.4) is 0 Å². The highest BCUT2D eigenvalue weighted by molar-refractivity contribution is 7.19. The fourth-order valence-electron chi connectivity index (χ4n) is 1.82. The van der Waals surface area contributed by atoms with Crippen molar-refractivity contribution < 1.29 is 9.18 Å². The number of anilines is 2. The molecule has 118 valence electrons. The molecule has 1 aromatic carbocycles. The Kier molecular flexibility index (Phi) is 4.30. The molecule has 2 aromatic heterocycles. The molecule has 2 heterocycles. The monoisotopic (exact) mass is 349 g/mol. The quantitative estimate of drug-likeness (QED) is 0.784. The number of rotatable bonds is 4. The van der Waals surface area contributed by atoms with E-state index in [1.807, 2.05) is 5.38 Å². The van der Waals surface area contributed by atoms with Crippen LogP contribution >= 0.6 is 22.7 Å². The highest BCUT2D eigenvalue weighted by Gasteiger charge is 2.18. The summed E-state index contributed by atoms with van der Waals surface area (Å²) in [7, 11) is 3.40. The van der Waals surface area contributed by atoms with Gasteiger partial charge in [-0.1, -0.05) is 11.3 Å². The third kappa shape index (κ3) is 3.20. The highest BCUT2D eigenvalue weighted by Crippen LogP contribution is 2.30. The second kappa shape index (κ2) is 6.39. The van der Waals surface area contributed by atoms with Gasteiger partial charge in [-0.2, -0.15) is 0 Å². The summed E-state index contributed by atoms with van der Waals surface area (Å²) in [5.41, 5.74) is 1.07. The van der Waals surface area contributed by atoms with Crippen LogP contribution in [-0.4, -0.2) is 35.2 Å². The zero-order chi connectivity index (χ0) is 16.4. The van der Waals surface area contributed by atoms with Gasteiger partial charge in [-0.15, -0.1) is 21.5 Å². The van der Waals surface area contributed by atoms with E-state index >= 15 is 0 Å². The standard InChI is InChI=1S/C14H12FN5OS2/c1-16-13-19-18-11(23-13)10-7-22-14(17-10)20(2)12(21)8-3-5-9(15)6-4-8/h3-7H,1-2H3,(H,16,19). The Balaban J connectivity index is 1.81. The molecule has 3 rings (SSSR count). The third-order valence-electron chi connectivity index (χ3n) is 3.03. The summed E-state index contributed by atoms with van der Waals surface area (Å²) in [6.07, 6.45) is 0. The van der Waals surface area contributed by atoms with Crippen LogP contribution in [0.5, 0.6) is 0 Å². The van der Waals surface area contributed by atoms with E-state index in [1.54, 1.807) is 14.1 Å². The summed E-state index contributed by atoms with van der Waals surface area (Å²) >= 11 is 2.72. The summed E-state index contributed by atoms with van der Waals surface area (Å²) < 4.78 is 12.9. The molecule has 3 aromatic rings. The van der Waals surface area contributed by atoms with Crippen molar-refractivity contribution in [1.29, 1.82) is 0 Å². The number of benzene rings is 1. The zero-order valence-electron chi connectivity index (χ0n) is 12.3. The number of hydrogen-bond acceptors (Lipinski definition) is 7. The molecule has 0 aliphatic heterocycles. The van der Waals surface area contributed by atoms with Crippen molar-refractivity contribution >= 4 is 38.8 Å². The van der Waals surface area contributed by atoms with Crippen LogP contribution in [0.15, 0.2) is 29.6 Å². The minimum Gasteiger partial charge on any atom is -0.363 e. The van der Waals surface area contributed by atoms with Gasteiger partial charge in [0.2, 0.25) is 5.13 Å². The maximum Gasteiger partial charge on any atom is 0.259 e. The van der Waals surface area contributed by atoms with Gasteiger partial charge in [0, 0.05) is 25.0 Å². The molecule has 0 unspecified atom stereocenters. The summed E-state index contributed by atoms with van der Waals surface area (Å²) in [5.74, 6) is -0.628. The second-order valence-corrected chi connectivity index (χ2v) is 6.36. The van der Waals surface area contributed by atoms with Crippen LogP contribution in [0.4, 0.5) is 14.7 Å². The third-order valence-corrected chi connectivity index (χ3v) is 4.91. The number of carbonyl (C=O) groups is 1. The molecule has 0 saturated heterocycles. The Labute approximate surface area is 139 Å². The SMILES string of the molecule is CNc1nnc(-c2csc(N(C)C(=O)c3ccc(F)cc3)n2)s1. The Morgan fingerprint density at radius 2 is 2.00 bits per heavy atom. The number of amides is 1. The predicted molar refractivity (Wildman–Crippen MR) is 89.7 cm³/mol. The van der Waals surface area contributed by atoms with Gasteiger partial charge < -0.3 is 5.32 Å². The second-order valence-electron chi connectivity index (χ2n) is 4.55. The number of nitrogens with one attached hydrogen (secondary N) is 1. The molecule has 1 N–H and O–H groups in total. The Morgan fingerprint density at radius 1 is 1.26 bits per heavy atom. The molecule has 0 spiro atoms. The first kappa shape index (κ1) is 15.5. The number of hydrogen-bond donors (Lipinski definition) is 1. The van der Waals surface area contributed by atoms with Crippen molar-refractivity contribution in [2.24, 2.45) is 0 Å². The average Bonchev–Trinajstić information content (AvgIpc) is 3.23. The first-order valence-electron chi connectivity index (χ1n) is 6.59. The molecule has 23 heavy (non-hydrogen) atoms. The molecular weight excluding hydrogens is 337 g/mol. The van der Waals surface area contributed by atoms with Gasteiger partial charge in [-0.25, -0.2) is 9.37 Å². The average molecular weight is 349 g/mol. The minimum atomic E-state index is -0.377. The summed E-state index contributed by atoms with van der Waals surface area (Å²) in [4.78, 5) is 18.2. The van der Waals surface area contributed by atoms with E-state index < -0.39 is 0 Å². The molecule has 6 nitrogen and oxygen atoms in total. The molecule has 1 amide bonds. The zero-order valence-corrected chi connectivity index (χ0v) is 13.9. The lowest BCUT2D eigenvalue weighted by molar-refractivity contribution is 0.0993. The van der Waals surface area contributed by atoms with Gasteiger partial charge in [0.25, 0.3) is 5.91 Å². The molecule has 0 radical (unpaired) electrons. The van der Waals surface area contributed by atoms with Crippen LogP contribution < -0.4 is 10.2 Å². The highest BCUT2D eigenvalue weighted by atomic mass is 32.1. The number of nitrogens with zero attached hydrogens (tertiary/aromatic N) is 4. The van der Waals surface area contributed by atoms with Gasteiger partial charge in [0.05, 0.1) is 0 Å². The lowest BCUT2D eigenvalue weighted by Crippen LogP contribution is -2.26. The van der Waals surface area contributed by atoms with Crippen molar-refractivity contribution in [3.63, 3.8) is 0 Å². The van der Waals surface area contributed by atoms with Crippen LogP contribution in [0.1, 0.15) is 10.4 Å². The Morgan fingerprint density at radius 3 is 2.65 bits per heavy atom. The van der Waals surface area contributed by atoms with Crippen molar-refractivity contribution in [1.82, 2.24) is 15.2 Å². The van der Waals surface area contributed by atoms with E-state index in [9.17, 15) is 9.18 Å². The molecule has 0 aliphatic rings. The van der Waals surface area contributed by atoms with Gasteiger partial charge in [0.15, 0.2) is 10.1 Å². The van der Waals surface area contributed by atoms with E-state index in [2.05, 4.69) is 20.5 Å². The fraction of sp³-hybridized carbons (Fsp3) is 0.143. The van der Waals surface area contributed by atoms with Gasteiger partial charge in [-0.3, -0.25) is 9.69 Å². The van der Waals surface area contributed by atoms with Crippen molar-refractivity contribution in [2.75, 3.05) is 24.3 Å². The van der Waals surface area contributed by atoms with Crippen molar-refractivity contribution in [3.8, 4) is 10.7 Å². The van der Waals surface area contributed by atoms with Gasteiger partial charge >= 0.3 is 0 Å². The molecule has 0 bridgehead atoms. The lowest BCUT2D eigenvalue weighted by Gasteiger charge is -2.13. The van der Waals surface area contributed by atoms with E-state index in [0.717, 1.165) is 0 Å². The summed E-state index contributed by atoms with van der Waals surface area (Å²) in [6, 6.07) is 5.42. The lowest BCUT2D eigenvalue weighted by atomic mass is 10.2. The summed E-state index contributed by atoms with van der Waals surface area (Å²) in [6.45, 7) is 0. The van der Waals surface area contributed by atoms with Crippen molar-refractivity contribution in [3.05, 3.63) is 41.0 Å². The molecule has 0 fully saturated rings. The molecular formula is C14H12FN5OS2. The largest absolute Gasteiger partial charge is 0.363 e. The van der Waals surface area contributed by atoms with Crippen LogP contribution in [0.2, 0.25) is 0 Å². The van der Waals surface area contributed by atoms with E-state index in [4.69, 9.17) is 0 Å². The van der Waals surface area contributed by atoms with Crippen LogP contribution in [0, 0.1) is 5.82 Å². The van der Waals surface area contributed by atoms with Crippen molar-refractivity contribution in [2.45, 2.75) is 0 Å². The number of thiazole rings is 1. The topological polar surface area (TPSA) is 71.0 Å². The maximum absolute atomic E-state index is 12.9. The maximum atomic E-state index is 12.9. The smallest absolute Gasteiger partial charge is 0.259 e. The Hall–Kier alpha value is -2.39. The van der Waals surface area contributed by atoms with Gasteiger partial charge in [0.1, 0.15) is 11.5 Å². The minimum absolute atomic E-state index is 0.251. The molecule has 0 aliphatic carbocycles. The van der Waals surface area contributed by atoms with E-state index in [-0.39, 0.29) is 11.7 Å². The van der Waals surface area contributed by atoms with Crippen LogP contribution in [0.25, 0.3) is 10.7 Å². The predicted octanol–water partition coefficient (Wildman–Crippen LogP) is 3.12. The number of aromatic nitrogens is 3. The molecule has 9 heteroatoms. The molecule has 0 saturated carbocycles. The summed E-state index contributed by atoms with van der Waals surface area (Å²) in [5, 5.41) is 14.7. The van der Waals surface area contributed by atoms with Gasteiger partial charge in [-0.05, 0) is 24.3 Å². The van der Waals surface area contributed by atoms with E-state index in [0.29, 0.717) is 26.5 Å². The van der Waals surface area contributed by atoms with E-state index in [1.165, 1.54) is 51.8 Å². The first-order chi connectivity index (χ1) is 11.1. The normalized spacial score (nSPS) is 10.6. The molecule has 0 atom stereocenters. The Bertz CT molecular complexity index is 830. The van der Waals surface area contributed by atoms with Crippen LogP contribution in [-0.2, 0) is 0 Å². The number of halogens is 1. The first-order valence-corrected chi connectivity index (χ1v) is 8.29. The fourth-order valence-corrected chi connectivity index (χ4v) is 3.32.